The van der Waals surface area contributed by atoms with E-state index < -0.39 is 35.5 Å². The maximum Gasteiger partial charge on any atom is 0.306 e. The number of hydrogen-bond acceptors (Lipinski definition) is 9. The minimum Gasteiger partial charge on any atom is -0.481 e. The largest absolute Gasteiger partial charge is 0.481 e. The molecule has 42 heavy (non-hydrogen) atoms. The number of carboxylic acids is 1. The summed E-state index contributed by atoms with van der Waals surface area (Å²) in [5.74, 6) is -3.88. The number of hydrogen-bond donors (Lipinski definition) is 5. The highest BCUT2D eigenvalue weighted by Crippen LogP contribution is 2.22. The number of nitrogens with one attached hydrogen (secondary N) is 3. The summed E-state index contributed by atoms with van der Waals surface area (Å²) in [6.07, 6.45) is 3.40. The van der Waals surface area contributed by atoms with Gasteiger partial charge < -0.3 is 26.8 Å². The summed E-state index contributed by atoms with van der Waals surface area (Å²) in [5, 5.41) is 25.1. The number of carbonyl (C=O) groups is 6. The molecule has 0 fully saturated rings. The van der Waals surface area contributed by atoms with Gasteiger partial charge in [-0.15, -0.1) is 0 Å². The molecule has 3 rings (SSSR count). The molecule has 0 spiro atoms. The van der Waals surface area contributed by atoms with E-state index in [0.29, 0.717) is 42.0 Å². The number of benzene rings is 2. The van der Waals surface area contributed by atoms with Crippen LogP contribution in [0, 0.1) is 5.92 Å². The molecular formula is C28H31N7O7. The highest BCUT2D eigenvalue weighted by atomic mass is 16.4. The van der Waals surface area contributed by atoms with Crippen molar-refractivity contribution < 1.29 is 33.9 Å². The summed E-state index contributed by atoms with van der Waals surface area (Å²) in [4.78, 5) is 71.3. The minimum atomic E-state index is -0.933. The Morgan fingerprint density at radius 1 is 0.786 bits per heavy atom. The predicted octanol–water partition coefficient (Wildman–Crippen LogP) is 2.24. The molecule has 2 aromatic carbocycles. The van der Waals surface area contributed by atoms with Crippen LogP contribution in [0.5, 0.6) is 0 Å². The second kappa shape index (κ2) is 15.5. The number of rotatable bonds is 15. The average molecular weight is 578 g/mol. The van der Waals surface area contributed by atoms with Crippen LogP contribution in [-0.2, 0) is 28.8 Å². The summed E-state index contributed by atoms with van der Waals surface area (Å²) < 4.78 is 0. The summed E-state index contributed by atoms with van der Waals surface area (Å²) in [5.41, 5.74) is 7.38. The molecule has 1 aliphatic heterocycles. The fourth-order valence-corrected chi connectivity index (χ4v) is 3.84. The number of nitrogens with two attached hydrogens (primary N) is 1. The van der Waals surface area contributed by atoms with Gasteiger partial charge in [0.15, 0.2) is 0 Å². The van der Waals surface area contributed by atoms with Gasteiger partial charge in [0.25, 0.3) is 11.8 Å². The van der Waals surface area contributed by atoms with Crippen molar-refractivity contribution in [2.75, 3.05) is 30.3 Å². The van der Waals surface area contributed by atoms with Gasteiger partial charge in [-0.25, -0.2) is 0 Å². The zero-order valence-electron chi connectivity index (χ0n) is 22.6. The highest BCUT2D eigenvalue weighted by Gasteiger charge is 2.25. The first-order valence-corrected chi connectivity index (χ1v) is 13.1. The van der Waals surface area contributed by atoms with Crippen molar-refractivity contribution in [3.05, 3.63) is 60.7 Å². The van der Waals surface area contributed by atoms with E-state index in [-0.39, 0.29) is 32.0 Å². The third-order valence-corrected chi connectivity index (χ3v) is 6.05. The Morgan fingerprint density at radius 3 is 1.81 bits per heavy atom. The van der Waals surface area contributed by atoms with Crippen LogP contribution in [0.25, 0.3) is 0 Å². The number of azo groups is 1. The van der Waals surface area contributed by atoms with Crippen LogP contribution in [0.15, 0.2) is 70.9 Å². The first-order chi connectivity index (χ1) is 20.1. The van der Waals surface area contributed by atoms with E-state index in [1.165, 1.54) is 0 Å². The monoisotopic (exact) mass is 577 g/mol. The number of anilines is 2. The van der Waals surface area contributed by atoms with Crippen LogP contribution in [0.4, 0.5) is 22.7 Å². The van der Waals surface area contributed by atoms with Crippen LogP contribution in [0.2, 0.25) is 0 Å². The van der Waals surface area contributed by atoms with Crippen molar-refractivity contribution in [3.63, 3.8) is 0 Å². The number of imide groups is 1. The fourth-order valence-electron chi connectivity index (χ4n) is 3.84. The average Bonchev–Trinajstić information content (AvgIpc) is 3.28. The van der Waals surface area contributed by atoms with Gasteiger partial charge >= 0.3 is 5.97 Å². The first kappa shape index (κ1) is 31.3. The fraction of sp³-hybridized carbons (Fsp3) is 0.286. The molecule has 1 atom stereocenters. The maximum absolute atomic E-state index is 12.2. The molecule has 0 aliphatic carbocycles. The van der Waals surface area contributed by atoms with Gasteiger partial charge in [0.1, 0.15) is 6.54 Å². The Labute approximate surface area is 241 Å². The molecule has 14 heteroatoms. The van der Waals surface area contributed by atoms with Crippen LogP contribution >= 0.6 is 0 Å². The van der Waals surface area contributed by atoms with E-state index in [1.54, 1.807) is 48.5 Å². The predicted molar refractivity (Wildman–Crippen MR) is 152 cm³/mol. The minimum absolute atomic E-state index is 0.111. The smallest absolute Gasteiger partial charge is 0.306 e. The van der Waals surface area contributed by atoms with E-state index in [1.807, 2.05) is 0 Å². The van der Waals surface area contributed by atoms with Gasteiger partial charge in [0.2, 0.25) is 17.7 Å². The molecule has 220 valence electrons. The Morgan fingerprint density at radius 2 is 1.31 bits per heavy atom. The second-order valence-corrected chi connectivity index (χ2v) is 9.27. The molecule has 2 aromatic rings. The van der Waals surface area contributed by atoms with Crippen molar-refractivity contribution in [1.29, 1.82) is 0 Å². The lowest BCUT2D eigenvalue weighted by molar-refractivity contribution is -0.142. The molecule has 5 amide bonds. The van der Waals surface area contributed by atoms with Gasteiger partial charge in [-0.2, -0.15) is 10.2 Å². The Hall–Kier alpha value is -5.24. The molecule has 0 unspecified atom stereocenters. The Kier molecular flexibility index (Phi) is 11.6. The normalized spacial score (nSPS) is 13.3. The SMILES string of the molecule is NCC[C@@H](CCCC(=O)NCC(=O)Nc1ccc(N=Nc2ccc(NC(=O)CN3C(=O)C=CC3=O)cc2)cc1)C(=O)O. The van der Waals surface area contributed by atoms with Gasteiger partial charge in [-0.1, -0.05) is 0 Å². The van der Waals surface area contributed by atoms with Crippen molar-refractivity contribution in [2.24, 2.45) is 21.9 Å². The first-order valence-electron chi connectivity index (χ1n) is 13.1. The lowest BCUT2D eigenvalue weighted by atomic mass is 9.98. The van der Waals surface area contributed by atoms with Crippen molar-refractivity contribution in [3.8, 4) is 0 Å². The molecule has 0 saturated heterocycles. The van der Waals surface area contributed by atoms with Gasteiger partial charge in [-0.3, -0.25) is 33.7 Å². The summed E-state index contributed by atoms with van der Waals surface area (Å²) in [6, 6.07) is 13.0. The number of aliphatic carboxylic acids is 1. The molecular weight excluding hydrogens is 546 g/mol. The lowest BCUT2D eigenvalue weighted by Crippen LogP contribution is -2.37. The van der Waals surface area contributed by atoms with E-state index in [9.17, 15) is 28.8 Å². The van der Waals surface area contributed by atoms with E-state index in [2.05, 4.69) is 26.2 Å². The Balaban J connectivity index is 1.38. The van der Waals surface area contributed by atoms with Crippen LogP contribution in [-0.4, -0.2) is 65.1 Å². The van der Waals surface area contributed by atoms with E-state index >= 15 is 0 Å². The van der Waals surface area contributed by atoms with E-state index in [4.69, 9.17) is 10.8 Å². The molecule has 0 radical (unpaired) electrons. The third-order valence-electron chi connectivity index (χ3n) is 6.05. The van der Waals surface area contributed by atoms with Crippen LogP contribution in [0.3, 0.4) is 0 Å². The molecule has 0 bridgehead atoms. The summed E-state index contributed by atoms with van der Waals surface area (Å²) >= 11 is 0. The number of carbonyl (C=O) groups excluding carboxylic acids is 5. The third kappa shape index (κ3) is 10.1. The van der Waals surface area contributed by atoms with Crippen LogP contribution < -0.4 is 21.7 Å². The highest BCUT2D eigenvalue weighted by molar-refractivity contribution is 6.15. The van der Waals surface area contributed by atoms with Crippen molar-refractivity contribution >= 4 is 58.3 Å². The zero-order valence-corrected chi connectivity index (χ0v) is 22.6. The number of carboxylic acid groups (broad SMARTS) is 1. The molecule has 0 saturated carbocycles. The summed E-state index contributed by atoms with van der Waals surface area (Å²) in [6.45, 7) is -0.351. The lowest BCUT2D eigenvalue weighted by Gasteiger charge is -2.13. The van der Waals surface area contributed by atoms with E-state index in [0.717, 1.165) is 17.1 Å². The van der Waals surface area contributed by atoms with Crippen molar-refractivity contribution in [2.45, 2.75) is 25.7 Å². The van der Waals surface area contributed by atoms with Gasteiger partial charge in [0.05, 0.1) is 23.8 Å². The Bertz CT molecular complexity index is 1350. The standard InChI is InChI=1S/C28H31N7O7/c29-15-14-18(28(41)42)2-1-3-23(36)30-16-24(37)31-19-4-8-21(9-5-19)33-34-22-10-6-20(7-11-22)32-25(38)17-35-26(39)12-13-27(35)40/h4-13,18H,1-3,14-17,29H2,(H,30,36)(H,31,37)(H,32,38)(H,41,42)/t18-/m1/s1. The van der Waals surface area contributed by atoms with Crippen molar-refractivity contribution in [1.82, 2.24) is 10.2 Å². The van der Waals surface area contributed by atoms with Gasteiger partial charge in [-0.05, 0) is 74.3 Å². The number of amides is 5. The van der Waals surface area contributed by atoms with Gasteiger partial charge in [0, 0.05) is 29.9 Å². The molecule has 6 N–H and O–H groups in total. The maximum atomic E-state index is 12.2. The molecule has 1 heterocycles. The molecule has 1 aliphatic rings. The topological polar surface area (TPSA) is 213 Å². The molecule has 14 nitrogen and oxygen atoms in total. The molecule has 0 aromatic heterocycles. The summed E-state index contributed by atoms with van der Waals surface area (Å²) in [7, 11) is 0. The van der Waals surface area contributed by atoms with Crippen LogP contribution in [0.1, 0.15) is 25.7 Å². The zero-order chi connectivity index (χ0) is 30.5. The quantitative estimate of drug-likeness (QED) is 0.156. The second-order valence-electron chi connectivity index (χ2n) is 9.27. The number of nitrogens with zero attached hydrogens (tertiary/aromatic N) is 3.